The van der Waals surface area contributed by atoms with E-state index in [1.807, 2.05) is 18.2 Å². The Balaban J connectivity index is 1.48. The van der Waals surface area contributed by atoms with Crippen molar-refractivity contribution in [2.24, 2.45) is 5.92 Å². The van der Waals surface area contributed by atoms with Crippen LogP contribution in [0.5, 0.6) is 17.2 Å². The summed E-state index contributed by atoms with van der Waals surface area (Å²) >= 11 is 0. The summed E-state index contributed by atoms with van der Waals surface area (Å²) in [5, 5.41) is 3.65. The van der Waals surface area contributed by atoms with E-state index in [2.05, 4.69) is 28.3 Å². The Hall–Kier alpha value is -3.65. The number of allylic oxidation sites excluding steroid dienone is 2. The maximum Gasteiger partial charge on any atom is 0.261 e. The zero-order valence-corrected chi connectivity index (χ0v) is 20.6. The lowest BCUT2D eigenvalue weighted by Gasteiger charge is -2.38. The molecule has 1 heterocycles. The van der Waals surface area contributed by atoms with Gasteiger partial charge in [-0.2, -0.15) is 0 Å². The van der Waals surface area contributed by atoms with Crippen LogP contribution in [0, 0.1) is 5.92 Å². The number of nitrogens with one attached hydrogen (secondary N) is 2. The number of sulfonamides is 1. The summed E-state index contributed by atoms with van der Waals surface area (Å²) in [6.45, 7) is 0. The Kier molecular flexibility index (Phi) is 6.06. The van der Waals surface area contributed by atoms with Crippen molar-refractivity contribution in [2.75, 3.05) is 31.4 Å². The molecule has 0 radical (unpaired) electrons. The van der Waals surface area contributed by atoms with Crippen LogP contribution >= 0.6 is 0 Å². The third-order valence-electron chi connectivity index (χ3n) is 6.76. The monoisotopic (exact) mass is 492 g/mol. The van der Waals surface area contributed by atoms with E-state index >= 15 is 0 Å². The first kappa shape index (κ1) is 23.1. The molecular formula is C27H28N2O5S. The smallest absolute Gasteiger partial charge is 0.261 e. The topological polar surface area (TPSA) is 85.9 Å². The molecule has 0 saturated heterocycles. The Morgan fingerprint density at radius 2 is 1.71 bits per heavy atom. The predicted molar refractivity (Wildman–Crippen MR) is 136 cm³/mol. The van der Waals surface area contributed by atoms with Crippen molar-refractivity contribution >= 4 is 21.4 Å². The van der Waals surface area contributed by atoms with Crippen molar-refractivity contribution in [2.45, 2.75) is 23.3 Å². The number of para-hydroxylation sites is 1. The molecule has 0 aromatic heterocycles. The van der Waals surface area contributed by atoms with Gasteiger partial charge in [0.2, 0.25) is 0 Å². The number of fused-ring (bicyclic) bond motifs is 3. The van der Waals surface area contributed by atoms with Crippen LogP contribution in [-0.2, 0) is 10.0 Å². The minimum atomic E-state index is -3.76. The summed E-state index contributed by atoms with van der Waals surface area (Å²) in [5.74, 6) is 2.36. The molecule has 0 saturated carbocycles. The van der Waals surface area contributed by atoms with Crippen LogP contribution in [0.25, 0.3) is 0 Å². The predicted octanol–water partition coefficient (Wildman–Crippen LogP) is 5.34. The van der Waals surface area contributed by atoms with Crippen LogP contribution in [-0.4, -0.2) is 29.7 Å². The highest BCUT2D eigenvalue weighted by Gasteiger charge is 2.40. The summed E-state index contributed by atoms with van der Waals surface area (Å²) in [6.07, 6.45) is 5.23. The molecule has 2 N–H and O–H groups in total. The second-order valence-corrected chi connectivity index (χ2v) is 10.3. The molecule has 0 unspecified atom stereocenters. The van der Waals surface area contributed by atoms with Gasteiger partial charge >= 0.3 is 0 Å². The van der Waals surface area contributed by atoms with Crippen LogP contribution in [0.2, 0.25) is 0 Å². The quantitative estimate of drug-likeness (QED) is 0.433. The van der Waals surface area contributed by atoms with Crippen molar-refractivity contribution in [3.63, 3.8) is 0 Å². The molecule has 3 atom stereocenters. The van der Waals surface area contributed by atoms with Gasteiger partial charge in [0.1, 0.15) is 5.75 Å². The van der Waals surface area contributed by atoms with Crippen molar-refractivity contribution in [1.29, 1.82) is 0 Å². The van der Waals surface area contributed by atoms with Gasteiger partial charge in [-0.1, -0.05) is 24.3 Å². The standard InChI is InChI=1S/C27H28N2O5S/c1-32-18-12-10-17(11-13-18)29-35(30,31)19-14-15-24-23(16-19)20-6-4-7-21(20)26(28-24)22-8-5-9-25(33-2)27(22)34-3/h4-6,8-16,20-21,26,28-29H,7H2,1-3H3/t20-,21-,26+/m1/s1. The largest absolute Gasteiger partial charge is 0.497 e. The first-order valence-corrected chi connectivity index (χ1v) is 12.9. The molecule has 5 rings (SSSR count). The van der Waals surface area contributed by atoms with Gasteiger partial charge in [-0.25, -0.2) is 8.42 Å². The molecule has 3 aromatic rings. The van der Waals surface area contributed by atoms with E-state index in [4.69, 9.17) is 14.2 Å². The van der Waals surface area contributed by atoms with Gasteiger partial charge in [0, 0.05) is 22.9 Å². The maximum absolute atomic E-state index is 13.2. The molecule has 1 aliphatic heterocycles. The Bertz CT molecular complexity index is 1370. The third kappa shape index (κ3) is 4.18. The normalized spacial score (nSPS) is 20.4. The van der Waals surface area contributed by atoms with E-state index in [0.717, 1.165) is 23.2 Å². The van der Waals surface area contributed by atoms with Crippen LogP contribution in [0.1, 0.15) is 29.5 Å². The average molecular weight is 493 g/mol. The van der Waals surface area contributed by atoms with Crippen LogP contribution in [0.3, 0.4) is 0 Å². The van der Waals surface area contributed by atoms with Gasteiger partial charge < -0.3 is 19.5 Å². The van der Waals surface area contributed by atoms with Gasteiger partial charge in [-0.15, -0.1) is 0 Å². The van der Waals surface area contributed by atoms with Gasteiger partial charge in [-0.05, 0) is 66.4 Å². The molecule has 182 valence electrons. The maximum atomic E-state index is 13.2. The molecule has 35 heavy (non-hydrogen) atoms. The summed E-state index contributed by atoms with van der Waals surface area (Å²) < 4.78 is 45.4. The van der Waals surface area contributed by atoms with Crippen molar-refractivity contribution in [3.8, 4) is 17.2 Å². The summed E-state index contributed by atoms with van der Waals surface area (Å²) in [4.78, 5) is 0.227. The molecule has 0 amide bonds. The van der Waals surface area contributed by atoms with Crippen molar-refractivity contribution in [1.82, 2.24) is 0 Å². The molecular weight excluding hydrogens is 464 g/mol. The summed E-state index contributed by atoms with van der Waals surface area (Å²) in [5.41, 5.74) is 3.38. The minimum absolute atomic E-state index is 0.00701. The fourth-order valence-corrected chi connectivity index (χ4v) is 6.17. The SMILES string of the molecule is COc1ccc(NS(=O)(=O)c2ccc3c(c2)[C@@H]2C=CC[C@H]2[C@@H](c2cccc(OC)c2OC)N3)cc1. The summed E-state index contributed by atoms with van der Waals surface area (Å²) in [7, 11) is 1.09. The van der Waals surface area contributed by atoms with Crippen LogP contribution < -0.4 is 24.2 Å². The lowest BCUT2D eigenvalue weighted by atomic mass is 9.77. The molecule has 0 fully saturated rings. The number of hydrogen-bond acceptors (Lipinski definition) is 6. The molecule has 0 bridgehead atoms. The van der Waals surface area contributed by atoms with E-state index in [0.29, 0.717) is 22.9 Å². The third-order valence-corrected chi connectivity index (χ3v) is 8.13. The lowest BCUT2D eigenvalue weighted by molar-refractivity contribution is 0.341. The zero-order chi connectivity index (χ0) is 24.6. The highest BCUT2D eigenvalue weighted by molar-refractivity contribution is 7.92. The Labute approximate surface area is 205 Å². The second-order valence-electron chi connectivity index (χ2n) is 8.64. The number of hydrogen-bond donors (Lipinski definition) is 2. The van der Waals surface area contributed by atoms with Gasteiger partial charge in [-0.3, -0.25) is 4.72 Å². The molecule has 3 aromatic carbocycles. The van der Waals surface area contributed by atoms with E-state index in [1.165, 1.54) is 0 Å². The number of benzene rings is 3. The molecule has 8 heteroatoms. The Morgan fingerprint density at radius 3 is 2.43 bits per heavy atom. The van der Waals surface area contributed by atoms with E-state index in [1.54, 1.807) is 57.7 Å². The number of methoxy groups -OCH3 is 3. The number of ether oxygens (including phenoxy) is 3. The lowest BCUT2D eigenvalue weighted by Crippen LogP contribution is -2.29. The zero-order valence-electron chi connectivity index (χ0n) is 19.8. The van der Waals surface area contributed by atoms with Gasteiger partial charge in [0.25, 0.3) is 10.0 Å². The Morgan fingerprint density at radius 1 is 0.914 bits per heavy atom. The number of anilines is 2. The van der Waals surface area contributed by atoms with Crippen molar-refractivity contribution < 1.29 is 22.6 Å². The fraction of sp³-hybridized carbons (Fsp3) is 0.259. The first-order chi connectivity index (χ1) is 16.9. The first-order valence-electron chi connectivity index (χ1n) is 11.4. The number of rotatable bonds is 7. The van der Waals surface area contributed by atoms with Crippen molar-refractivity contribution in [3.05, 3.63) is 83.9 Å². The molecule has 2 aliphatic rings. The molecule has 1 aliphatic carbocycles. The highest BCUT2D eigenvalue weighted by Crippen LogP contribution is 2.52. The minimum Gasteiger partial charge on any atom is -0.497 e. The molecule has 0 spiro atoms. The highest BCUT2D eigenvalue weighted by atomic mass is 32.2. The molecule has 7 nitrogen and oxygen atoms in total. The van der Waals surface area contributed by atoms with E-state index < -0.39 is 10.0 Å². The van der Waals surface area contributed by atoms with Crippen LogP contribution in [0.4, 0.5) is 11.4 Å². The van der Waals surface area contributed by atoms with E-state index in [-0.39, 0.29) is 22.8 Å². The summed E-state index contributed by atoms with van der Waals surface area (Å²) in [6, 6.07) is 17.9. The van der Waals surface area contributed by atoms with Crippen LogP contribution in [0.15, 0.2) is 77.7 Å². The fourth-order valence-electron chi connectivity index (χ4n) is 5.08. The second kappa shape index (κ2) is 9.19. The van der Waals surface area contributed by atoms with E-state index in [9.17, 15) is 8.42 Å². The average Bonchev–Trinajstić information content (AvgIpc) is 3.38. The van der Waals surface area contributed by atoms with Gasteiger partial charge in [0.05, 0.1) is 32.3 Å². The van der Waals surface area contributed by atoms with Gasteiger partial charge in [0.15, 0.2) is 11.5 Å².